The molecule has 0 spiro atoms. The van der Waals surface area contributed by atoms with Crippen LogP contribution < -0.4 is 0 Å². The van der Waals surface area contributed by atoms with Crippen LogP contribution in [0.3, 0.4) is 0 Å². The third kappa shape index (κ3) is 2.58. The second kappa shape index (κ2) is 5.03. The molecule has 8 nitrogen and oxygen atoms in total. The van der Waals surface area contributed by atoms with Gasteiger partial charge in [0.1, 0.15) is 12.0 Å². The van der Waals surface area contributed by atoms with Crippen LogP contribution in [0.25, 0.3) is 0 Å². The van der Waals surface area contributed by atoms with Crippen molar-refractivity contribution in [3.8, 4) is 0 Å². The predicted octanol–water partition coefficient (Wildman–Crippen LogP) is -0.576. The van der Waals surface area contributed by atoms with Gasteiger partial charge in [-0.3, -0.25) is 19.2 Å². The van der Waals surface area contributed by atoms with Crippen molar-refractivity contribution in [2.24, 2.45) is 17.8 Å². The Morgan fingerprint density at radius 1 is 0.944 bits per heavy atom. The second-order valence-corrected chi connectivity index (χ2v) is 4.06. The Hall–Kier alpha value is -2.12. The molecule has 0 aromatic rings. The Morgan fingerprint density at radius 2 is 1.44 bits per heavy atom. The van der Waals surface area contributed by atoms with Crippen molar-refractivity contribution in [2.45, 2.75) is 19.4 Å². The van der Waals surface area contributed by atoms with Crippen molar-refractivity contribution < 1.29 is 39.2 Å². The average molecular weight is 260 g/mol. The van der Waals surface area contributed by atoms with Crippen LogP contribution in [-0.2, 0) is 23.9 Å². The lowest BCUT2D eigenvalue weighted by Crippen LogP contribution is -2.37. The Balaban J connectivity index is 3.10. The van der Waals surface area contributed by atoms with E-state index < -0.39 is 47.7 Å². The van der Waals surface area contributed by atoms with Gasteiger partial charge in [-0.25, -0.2) is 0 Å². The summed E-state index contributed by atoms with van der Waals surface area (Å²) in [6.45, 7) is 1.01. The molecule has 0 bridgehead atoms. The summed E-state index contributed by atoms with van der Waals surface area (Å²) >= 11 is 0. The zero-order valence-corrected chi connectivity index (χ0v) is 9.40. The number of carboxylic acids is 3. The predicted molar refractivity (Wildman–Crippen MR) is 53.5 cm³/mol. The summed E-state index contributed by atoms with van der Waals surface area (Å²) in [5.41, 5.74) is 0. The molecule has 1 saturated carbocycles. The summed E-state index contributed by atoms with van der Waals surface area (Å²) in [6.07, 6.45) is -1.84. The van der Waals surface area contributed by atoms with Gasteiger partial charge < -0.3 is 20.1 Å². The molecule has 1 aliphatic carbocycles. The van der Waals surface area contributed by atoms with Crippen molar-refractivity contribution in [3.63, 3.8) is 0 Å². The minimum absolute atomic E-state index is 0.375. The number of carbonyl (C=O) groups excluding carboxylic acids is 1. The number of esters is 1. The summed E-state index contributed by atoms with van der Waals surface area (Å²) in [4.78, 5) is 43.8. The Kier molecular flexibility index (Phi) is 3.89. The van der Waals surface area contributed by atoms with Crippen molar-refractivity contribution >= 4 is 23.9 Å². The number of rotatable bonds is 4. The number of carbonyl (C=O) groups is 4. The number of aliphatic carboxylic acids is 3. The van der Waals surface area contributed by atoms with Crippen molar-refractivity contribution in [1.82, 2.24) is 0 Å². The van der Waals surface area contributed by atoms with Crippen LogP contribution in [0, 0.1) is 17.8 Å². The Labute approximate surface area is 101 Å². The molecule has 18 heavy (non-hydrogen) atoms. The Morgan fingerprint density at radius 3 is 1.78 bits per heavy atom. The molecule has 4 unspecified atom stereocenters. The summed E-state index contributed by atoms with van der Waals surface area (Å²) in [7, 11) is 0. The van der Waals surface area contributed by atoms with Gasteiger partial charge in [0.2, 0.25) is 0 Å². The van der Waals surface area contributed by atoms with Crippen LogP contribution in [-0.4, -0.2) is 45.3 Å². The maximum atomic E-state index is 11.0. The molecule has 0 amide bonds. The molecule has 0 aliphatic heterocycles. The second-order valence-electron chi connectivity index (χ2n) is 4.06. The van der Waals surface area contributed by atoms with Gasteiger partial charge in [0.25, 0.3) is 0 Å². The van der Waals surface area contributed by atoms with E-state index in [1.165, 1.54) is 0 Å². The standard InChI is InChI=1S/C10H12O8/c1-3(11)18-7-5(9(14)15)2-4(8(12)13)6(7)10(16)17/h4-7H,2H2,1H3,(H,12,13)(H,14,15)(H,16,17). The first kappa shape index (κ1) is 13.9. The quantitative estimate of drug-likeness (QED) is 0.571. The van der Waals surface area contributed by atoms with Gasteiger partial charge in [0.05, 0.1) is 11.8 Å². The summed E-state index contributed by atoms with van der Waals surface area (Å²) in [5.74, 6) is -9.38. The van der Waals surface area contributed by atoms with Gasteiger partial charge in [-0.2, -0.15) is 0 Å². The molecule has 4 atom stereocenters. The van der Waals surface area contributed by atoms with Crippen molar-refractivity contribution in [2.75, 3.05) is 0 Å². The molecule has 0 aromatic carbocycles. The average Bonchev–Trinajstić information content (AvgIpc) is 2.56. The van der Waals surface area contributed by atoms with Gasteiger partial charge in [-0.15, -0.1) is 0 Å². The molecule has 100 valence electrons. The van der Waals surface area contributed by atoms with E-state index in [1.54, 1.807) is 0 Å². The lowest BCUT2D eigenvalue weighted by Gasteiger charge is -2.20. The molecule has 1 rings (SSSR count). The molecule has 0 radical (unpaired) electrons. The third-order valence-electron chi connectivity index (χ3n) is 2.91. The number of hydrogen-bond donors (Lipinski definition) is 3. The van der Waals surface area contributed by atoms with E-state index >= 15 is 0 Å². The van der Waals surface area contributed by atoms with E-state index in [2.05, 4.69) is 4.74 Å². The highest BCUT2D eigenvalue weighted by atomic mass is 16.5. The van der Waals surface area contributed by atoms with Crippen LogP contribution in [0.1, 0.15) is 13.3 Å². The molecule has 8 heteroatoms. The van der Waals surface area contributed by atoms with Gasteiger partial charge in [0.15, 0.2) is 0 Å². The fraction of sp³-hybridized carbons (Fsp3) is 0.600. The first-order valence-corrected chi connectivity index (χ1v) is 5.11. The monoisotopic (exact) mass is 260 g/mol. The molecular weight excluding hydrogens is 248 g/mol. The largest absolute Gasteiger partial charge is 0.481 e. The molecule has 3 N–H and O–H groups in total. The van der Waals surface area contributed by atoms with Crippen molar-refractivity contribution in [1.29, 1.82) is 0 Å². The molecule has 1 fully saturated rings. The summed E-state index contributed by atoms with van der Waals surface area (Å²) < 4.78 is 4.68. The van der Waals surface area contributed by atoms with Gasteiger partial charge in [-0.1, -0.05) is 0 Å². The van der Waals surface area contributed by atoms with Gasteiger partial charge in [-0.05, 0) is 6.42 Å². The fourth-order valence-corrected chi connectivity index (χ4v) is 2.19. The lowest BCUT2D eigenvalue weighted by atomic mass is 9.95. The first-order valence-electron chi connectivity index (χ1n) is 5.11. The van der Waals surface area contributed by atoms with Crippen LogP contribution in [0.15, 0.2) is 0 Å². The van der Waals surface area contributed by atoms with E-state index in [9.17, 15) is 19.2 Å². The third-order valence-corrected chi connectivity index (χ3v) is 2.91. The smallest absolute Gasteiger partial charge is 0.311 e. The fourth-order valence-electron chi connectivity index (χ4n) is 2.19. The first-order chi connectivity index (χ1) is 8.25. The molecule has 1 aliphatic rings. The topological polar surface area (TPSA) is 138 Å². The van der Waals surface area contributed by atoms with Crippen LogP contribution in [0.2, 0.25) is 0 Å². The Bertz CT molecular complexity index is 401. The minimum Gasteiger partial charge on any atom is -0.481 e. The zero-order chi connectivity index (χ0) is 14.0. The normalized spacial score (nSPS) is 30.7. The van der Waals surface area contributed by atoms with E-state index in [4.69, 9.17) is 15.3 Å². The highest BCUT2D eigenvalue weighted by Gasteiger charge is 2.55. The van der Waals surface area contributed by atoms with E-state index in [-0.39, 0.29) is 6.42 Å². The van der Waals surface area contributed by atoms with Crippen LogP contribution in [0.5, 0.6) is 0 Å². The number of ether oxygens (including phenoxy) is 1. The number of carboxylic acid groups (broad SMARTS) is 3. The maximum absolute atomic E-state index is 11.0. The highest BCUT2D eigenvalue weighted by molar-refractivity contribution is 5.85. The SMILES string of the molecule is CC(=O)OC1C(C(=O)O)CC(C(=O)O)C1C(=O)O. The number of hydrogen-bond acceptors (Lipinski definition) is 5. The zero-order valence-electron chi connectivity index (χ0n) is 9.40. The molecule has 0 heterocycles. The van der Waals surface area contributed by atoms with Crippen LogP contribution in [0.4, 0.5) is 0 Å². The highest BCUT2D eigenvalue weighted by Crippen LogP contribution is 2.39. The molecule has 0 aromatic heterocycles. The maximum Gasteiger partial charge on any atom is 0.311 e. The summed E-state index contributed by atoms with van der Waals surface area (Å²) in [6, 6.07) is 0. The van der Waals surface area contributed by atoms with E-state index in [0.29, 0.717) is 0 Å². The molecular formula is C10H12O8. The lowest BCUT2D eigenvalue weighted by molar-refractivity contribution is -0.165. The molecule has 0 saturated heterocycles. The van der Waals surface area contributed by atoms with E-state index in [1.807, 2.05) is 0 Å². The van der Waals surface area contributed by atoms with Gasteiger partial charge in [0, 0.05) is 6.92 Å². The van der Waals surface area contributed by atoms with Crippen LogP contribution >= 0.6 is 0 Å². The van der Waals surface area contributed by atoms with E-state index in [0.717, 1.165) is 6.92 Å². The van der Waals surface area contributed by atoms with Crippen molar-refractivity contribution in [3.05, 3.63) is 0 Å². The minimum atomic E-state index is -1.55. The van der Waals surface area contributed by atoms with Gasteiger partial charge >= 0.3 is 23.9 Å². The summed E-state index contributed by atoms with van der Waals surface area (Å²) in [5, 5.41) is 26.8.